The van der Waals surface area contributed by atoms with E-state index in [0.717, 1.165) is 63.3 Å². The molecular formula is C21H34O5. The first-order chi connectivity index (χ1) is 12.6. The zero-order valence-electron chi connectivity index (χ0n) is 16.6. The highest BCUT2D eigenvalue weighted by Gasteiger charge is 2.15. The quantitative estimate of drug-likeness (QED) is 0.421. The highest BCUT2D eigenvalue weighted by molar-refractivity contribution is 5.69. The molecule has 5 heteroatoms. The Labute approximate surface area is 157 Å². The number of unbranched alkanes of at least 4 members (excludes halogenated alkanes) is 2. The van der Waals surface area contributed by atoms with Crippen LogP contribution in [0.4, 0.5) is 0 Å². The summed E-state index contributed by atoms with van der Waals surface area (Å²) in [6.45, 7) is 8.03. The van der Waals surface area contributed by atoms with Crippen molar-refractivity contribution >= 4 is 5.97 Å². The van der Waals surface area contributed by atoms with E-state index in [-0.39, 0.29) is 12.3 Å². The number of carbonyl (C=O) groups excluding carboxylic acids is 1. The Balaban J connectivity index is 1.65. The van der Waals surface area contributed by atoms with Crippen LogP contribution in [-0.2, 0) is 31.8 Å². The van der Waals surface area contributed by atoms with Crippen molar-refractivity contribution in [2.24, 2.45) is 0 Å². The Morgan fingerprint density at radius 2 is 1.85 bits per heavy atom. The summed E-state index contributed by atoms with van der Waals surface area (Å²) < 4.78 is 22.3. The molecule has 5 nitrogen and oxygen atoms in total. The summed E-state index contributed by atoms with van der Waals surface area (Å²) in [6, 6.07) is 0. The van der Waals surface area contributed by atoms with Crippen LogP contribution in [0.1, 0.15) is 74.5 Å². The van der Waals surface area contributed by atoms with Crippen molar-refractivity contribution < 1.29 is 23.4 Å². The van der Waals surface area contributed by atoms with Crippen LogP contribution in [0.5, 0.6) is 0 Å². The number of ether oxygens (including phenoxy) is 3. The monoisotopic (exact) mass is 366 g/mol. The maximum Gasteiger partial charge on any atom is 0.306 e. The number of carbonyl (C=O) groups is 1. The van der Waals surface area contributed by atoms with E-state index in [9.17, 15) is 4.79 Å². The first-order valence-electron chi connectivity index (χ1n) is 10.1. The second-order valence-corrected chi connectivity index (χ2v) is 6.98. The van der Waals surface area contributed by atoms with Gasteiger partial charge in [0.15, 0.2) is 6.29 Å². The summed E-state index contributed by atoms with van der Waals surface area (Å²) in [5.41, 5.74) is 2.39. The van der Waals surface area contributed by atoms with E-state index in [1.54, 1.807) is 0 Å². The van der Waals surface area contributed by atoms with Crippen molar-refractivity contribution in [3.63, 3.8) is 0 Å². The summed E-state index contributed by atoms with van der Waals surface area (Å²) in [4.78, 5) is 11.5. The largest absolute Gasteiger partial charge is 0.466 e. The van der Waals surface area contributed by atoms with Crippen LogP contribution in [0.3, 0.4) is 0 Å². The molecule has 1 aromatic rings. The molecule has 0 amide bonds. The van der Waals surface area contributed by atoms with E-state index >= 15 is 0 Å². The molecule has 26 heavy (non-hydrogen) atoms. The molecule has 0 aromatic carbocycles. The van der Waals surface area contributed by atoms with Crippen molar-refractivity contribution in [3.05, 3.63) is 22.6 Å². The zero-order valence-corrected chi connectivity index (χ0v) is 16.6. The van der Waals surface area contributed by atoms with E-state index in [4.69, 9.17) is 18.6 Å². The van der Waals surface area contributed by atoms with E-state index in [2.05, 4.69) is 13.8 Å². The second-order valence-electron chi connectivity index (χ2n) is 6.98. The van der Waals surface area contributed by atoms with Crippen LogP contribution < -0.4 is 0 Å². The normalized spacial score (nSPS) is 17.4. The lowest BCUT2D eigenvalue weighted by molar-refractivity contribution is -0.162. The first-order valence-corrected chi connectivity index (χ1v) is 10.1. The molecule has 0 radical (unpaired) electrons. The van der Waals surface area contributed by atoms with Crippen molar-refractivity contribution in [1.29, 1.82) is 0 Å². The van der Waals surface area contributed by atoms with Gasteiger partial charge in [0.25, 0.3) is 0 Å². The van der Waals surface area contributed by atoms with E-state index in [1.165, 1.54) is 17.5 Å². The number of aryl methyl sites for hydroxylation is 2. The molecule has 0 spiro atoms. The van der Waals surface area contributed by atoms with Gasteiger partial charge in [-0.1, -0.05) is 6.42 Å². The Morgan fingerprint density at radius 1 is 1.08 bits per heavy atom. The smallest absolute Gasteiger partial charge is 0.306 e. The van der Waals surface area contributed by atoms with Crippen LogP contribution >= 0.6 is 0 Å². The van der Waals surface area contributed by atoms with Crippen LogP contribution in [0, 0.1) is 13.8 Å². The minimum Gasteiger partial charge on any atom is -0.466 e. The highest BCUT2D eigenvalue weighted by Crippen LogP contribution is 2.24. The lowest BCUT2D eigenvalue weighted by atomic mass is 10.1. The Hall–Kier alpha value is -1.33. The average Bonchev–Trinajstić information content (AvgIpc) is 2.92. The molecule has 0 saturated carbocycles. The van der Waals surface area contributed by atoms with Crippen LogP contribution in [0.15, 0.2) is 4.42 Å². The molecule has 1 saturated heterocycles. The zero-order chi connectivity index (χ0) is 18.8. The first kappa shape index (κ1) is 21.0. The summed E-state index contributed by atoms with van der Waals surface area (Å²) >= 11 is 0. The third kappa shape index (κ3) is 6.76. The fourth-order valence-electron chi connectivity index (χ4n) is 3.27. The van der Waals surface area contributed by atoms with E-state index in [0.29, 0.717) is 19.4 Å². The average molecular weight is 366 g/mol. The van der Waals surface area contributed by atoms with Gasteiger partial charge in [0.2, 0.25) is 0 Å². The SMILES string of the molecule is CCOC(=O)CCc1oc(CCCCCOC2CCCCO2)c(C)c1C. The maximum atomic E-state index is 11.5. The van der Waals surface area contributed by atoms with Gasteiger partial charge in [-0.05, 0) is 64.0 Å². The van der Waals surface area contributed by atoms with Gasteiger partial charge in [-0.25, -0.2) is 0 Å². The fourth-order valence-corrected chi connectivity index (χ4v) is 3.27. The van der Waals surface area contributed by atoms with Gasteiger partial charge >= 0.3 is 5.97 Å². The number of esters is 1. The third-order valence-electron chi connectivity index (χ3n) is 5.00. The lowest BCUT2D eigenvalue weighted by Crippen LogP contribution is -2.22. The Morgan fingerprint density at radius 3 is 2.54 bits per heavy atom. The predicted molar refractivity (Wildman–Crippen MR) is 100 cm³/mol. The van der Waals surface area contributed by atoms with Crippen molar-refractivity contribution in [1.82, 2.24) is 0 Å². The molecule has 2 rings (SSSR count). The van der Waals surface area contributed by atoms with Gasteiger partial charge in [0, 0.05) is 26.1 Å². The summed E-state index contributed by atoms with van der Waals surface area (Å²) in [7, 11) is 0. The van der Waals surface area contributed by atoms with Crippen LogP contribution in [0.25, 0.3) is 0 Å². The molecule has 0 aliphatic carbocycles. The molecular weight excluding hydrogens is 332 g/mol. The minimum absolute atomic E-state index is 0.0145. The third-order valence-corrected chi connectivity index (χ3v) is 5.00. The van der Waals surface area contributed by atoms with Crippen LogP contribution in [0.2, 0.25) is 0 Å². The van der Waals surface area contributed by atoms with Gasteiger partial charge < -0.3 is 18.6 Å². The number of rotatable bonds is 11. The molecule has 1 aromatic heterocycles. The number of hydrogen-bond acceptors (Lipinski definition) is 5. The lowest BCUT2D eigenvalue weighted by Gasteiger charge is -2.22. The standard InChI is InChI=1S/C21H34O5/c1-4-23-20(22)13-12-19-17(3)16(2)18(26-19)10-6-5-8-14-24-21-11-7-9-15-25-21/h21H,4-15H2,1-3H3. The van der Waals surface area contributed by atoms with Crippen molar-refractivity contribution in [2.75, 3.05) is 19.8 Å². The Kier molecular flexibility index (Phi) is 9.19. The summed E-state index contributed by atoms with van der Waals surface area (Å²) in [6.07, 6.45) is 8.58. The van der Waals surface area contributed by atoms with Gasteiger partial charge in [0.1, 0.15) is 11.5 Å². The minimum atomic E-state index is -0.163. The molecule has 1 aliphatic rings. The second kappa shape index (κ2) is 11.4. The molecule has 148 valence electrons. The topological polar surface area (TPSA) is 57.9 Å². The predicted octanol–water partition coefficient (Wildman–Crippen LogP) is 4.65. The summed E-state index contributed by atoms with van der Waals surface area (Å²) in [5, 5.41) is 0. The fraction of sp³-hybridized carbons (Fsp3) is 0.762. The molecule has 1 unspecified atom stereocenters. The van der Waals surface area contributed by atoms with Crippen molar-refractivity contribution in [2.45, 2.75) is 84.8 Å². The molecule has 2 heterocycles. The van der Waals surface area contributed by atoms with Gasteiger partial charge in [-0.15, -0.1) is 0 Å². The number of furan rings is 1. The maximum absolute atomic E-state index is 11.5. The molecule has 1 atom stereocenters. The van der Waals surface area contributed by atoms with E-state index in [1.807, 2.05) is 6.92 Å². The highest BCUT2D eigenvalue weighted by atomic mass is 16.7. The number of hydrogen-bond donors (Lipinski definition) is 0. The van der Waals surface area contributed by atoms with E-state index < -0.39 is 0 Å². The molecule has 1 fully saturated rings. The molecule has 1 aliphatic heterocycles. The molecule has 0 bridgehead atoms. The van der Waals surface area contributed by atoms with Gasteiger partial charge in [0.05, 0.1) is 13.0 Å². The van der Waals surface area contributed by atoms with Crippen LogP contribution in [-0.4, -0.2) is 32.1 Å². The molecule has 0 N–H and O–H groups in total. The van der Waals surface area contributed by atoms with Gasteiger partial charge in [-0.3, -0.25) is 4.79 Å². The Bertz CT molecular complexity index is 543. The summed E-state index contributed by atoms with van der Waals surface area (Å²) in [5.74, 6) is 1.81. The van der Waals surface area contributed by atoms with Crippen molar-refractivity contribution in [3.8, 4) is 0 Å². The van der Waals surface area contributed by atoms with Gasteiger partial charge in [-0.2, -0.15) is 0 Å².